The van der Waals surface area contributed by atoms with Crippen molar-refractivity contribution in [2.45, 2.75) is 46.5 Å². The lowest BCUT2D eigenvalue weighted by atomic mass is 9.98. The van der Waals surface area contributed by atoms with Crippen LogP contribution in [0.15, 0.2) is 36.4 Å². The van der Waals surface area contributed by atoms with Crippen molar-refractivity contribution in [3.8, 4) is 22.6 Å². The van der Waals surface area contributed by atoms with E-state index >= 15 is 0 Å². The van der Waals surface area contributed by atoms with Crippen molar-refractivity contribution in [2.75, 3.05) is 13.3 Å². The molecule has 0 aliphatic heterocycles. The van der Waals surface area contributed by atoms with Gasteiger partial charge in [-0.3, -0.25) is 0 Å². The number of aryl methyl sites for hydroxylation is 2. The SMILES string of the molecule is CCCCCc1cc(O)c(-c2cccc(C)c2)c(OP(C)(=O)OCC)c1. The average molecular weight is 376 g/mol. The Hall–Kier alpha value is -1.77. The smallest absolute Gasteiger partial charge is 0.376 e. The molecule has 0 fully saturated rings. The number of benzene rings is 2. The highest BCUT2D eigenvalue weighted by molar-refractivity contribution is 7.53. The number of hydrogen-bond acceptors (Lipinski definition) is 4. The molecule has 0 aliphatic carbocycles. The Kier molecular flexibility index (Phi) is 7.31. The Morgan fingerprint density at radius 2 is 1.88 bits per heavy atom. The second-order valence-electron chi connectivity index (χ2n) is 6.60. The molecule has 0 amide bonds. The fourth-order valence-corrected chi connectivity index (χ4v) is 4.00. The molecule has 1 atom stereocenters. The third kappa shape index (κ3) is 5.62. The van der Waals surface area contributed by atoms with Gasteiger partial charge in [-0.25, -0.2) is 4.57 Å². The lowest BCUT2D eigenvalue weighted by Crippen LogP contribution is -1.99. The third-order valence-corrected chi connectivity index (χ3v) is 5.40. The van der Waals surface area contributed by atoms with Gasteiger partial charge in [0.15, 0.2) is 0 Å². The van der Waals surface area contributed by atoms with Crippen LogP contribution in [-0.2, 0) is 15.5 Å². The first-order chi connectivity index (χ1) is 12.4. The molecule has 5 heteroatoms. The molecule has 4 nitrogen and oxygen atoms in total. The van der Waals surface area contributed by atoms with E-state index in [4.69, 9.17) is 9.05 Å². The van der Waals surface area contributed by atoms with Crippen LogP contribution < -0.4 is 4.52 Å². The Labute approximate surface area is 156 Å². The number of phenols is 1. The van der Waals surface area contributed by atoms with Crippen LogP contribution >= 0.6 is 7.60 Å². The molecule has 0 saturated heterocycles. The summed E-state index contributed by atoms with van der Waals surface area (Å²) in [6.07, 6.45) is 4.13. The van der Waals surface area contributed by atoms with Gasteiger partial charge in [-0.2, -0.15) is 0 Å². The van der Waals surface area contributed by atoms with Gasteiger partial charge in [-0.1, -0.05) is 49.6 Å². The minimum Gasteiger partial charge on any atom is -0.507 e. The van der Waals surface area contributed by atoms with Crippen molar-refractivity contribution in [3.05, 3.63) is 47.5 Å². The quantitative estimate of drug-likeness (QED) is 0.410. The first-order valence-electron chi connectivity index (χ1n) is 9.21. The van der Waals surface area contributed by atoms with E-state index < -0.39 is 7.60 Å². The summed E-state index contributed by atoms with van der Waals surface area (Å²) in [7, 11) is -3.26. The van der Waals surface area contributed by atoms with Gasteiger partial charge in [0.2, 0.25) is 0 Å². The molecule has 142 valence electrons. The average Bonchev–Trinajstić information content (AvgIpc) is 2.54. The molecule has 0 aromatic heterocycles. The summed E-state index contributed by atoms with van der Waals surface area (Å²) in [6.45, 7) is 7.68. The third-order valence-electron chi connectivity index (χ3n) is 4.14. The van der Waals surface area contributed by atoms with E-state index in [1.165, 1.54) is 6.66 Å². The molecule has 2 rings (SSSR count). The van der Waals surface area contributed by atoms with E-state index in [2.05, 4.69) is 6.92 Å². The first-order valence-corrected chi connectivity index (χ1v) is 11.2. The normalized spacial score (nSPS) is 13.4. The first kappa shape index (κ1) is 20.5. The van der Waals surface area contributed by atoms with Crippen LogP contribution in [0, 0.1) is 6.92 Å². The van der Waals surface area contributed by atoms with Crippen LogP contribution in [-0.4, -0.2) is 18.4 Å². The fourth-order valence-electron chi connectivity index (χ4n) is 2.98. The summed E-state index contributed by atoms with van der Waals surface area (Å²) in [5, 5.41) is 10.7. The molecular weight excluding hydrogens is 347 g/mol. The van der Waals surface area contributed by atoms with Gasteiger partial charge in [0.1, 0.15) is 11.5 Å². The largest absolute Gasteiger partial charge is 0.507 e. The number of aromatic hydroxyl groups is 1. The molecule has 0 saturated carbocycles. The van der Waals surface area contributed by atoms with Crippen LogP contribution in [0.4, 0.5) is 0 Å². The van der Waals surface area contributed by atoms with Crippen LogP contribution in [0.5, 0.6) is 11.5 Å². The van der Waals surface area contributed by atoms with Crippen molar-refractivity contribution < 1.29 is 18.7 Å². The van der Waals surface area contributed by atoms with Crippen molar-refractivity contribution >= 4 is 7.60 Å². The van der Waals surface area contributed by atoms with Gasteiger partial charge in [0.05, 0.1) is 12.2 Å². The molecule has 2 aromatic carbocycles. The fraction of sp³-hybridized carbons (Fsp3) is 0.429. The molecule has 0 spiro atoms. The van der Waals surface area contributed by atoms with Crippen LogP contribution in [0.2, 0.25) is 0 Å². The standard InChI is InChI=1S/C21H29O4P/c1-5-7-8-11-17-14-19(22)21(18-12-9-10-16(3)13-18)20(15-17)25-26(4,23)24-6-2/h9-10,12-15,22H,5-8,11H2,1-4H3. The van der Waals surface area contributed by atoms with Gasteiger partial charge >= 0.3 is 7.60 Å². The zero-order valence-corrected chi connectivity index (χ0v) is 17.0. The highest BCUT2D eigenvalue weighted by Gasteiger charge is 2.23. The molecule has 1 unspecified atom stereocenters. The van der Waals surface area contributed by atoms with E-state index in [-0.39, 0.29) is 5.75 Å². The summed E-state index contributed by atoms with van der Waals surface area (Å²) in [5.74, 6) is 0.539. The maximum Gasteiger partial charge on any atom is 0.376 e. The molecule has 1 N–H and O–H groups in total. The minimum atomic E-state index is -3.26. The maximum atomic E-state index is 12.6. The lowest BCUT2D eigenvalue weighted by Gasteiger charge is -2.19. The zero-order valence-electron chi connectivity index (χ0n) is 16.1. The Bertz CT molecular complexity index is 786. The Balaban J connectivity index is 2.49. The minimum absolute atomic E-state index is 0.135. The van der Waals surface area contributed by atoms with E-state index in [0.717, 1.165) is 42.4 Å². The molecule has 0 aliphatic rings. The van der Waals surface area contributed by atoms with E-state index in [1.807, 2.05) is 37.3 Å². The summed E-state index contributed by atoms with van der Waals surface area (Å²) >= 11 is 0. The maximum absolute atomic E-state index is 12.6. The van der Waals surface area contributed by atoms with Gasteiger partial charge in [0, 0.05) is 6.66 Å². The van der Waals surface area contributed by atoms with Crippen LogP contribution in [0.3, 0.4) is 0 Å². The summed E-state index contributed by atoms with van der Waals surface area (Å²) in [4.78, 5) is 0. The number of rotatable bonds is 9. The second kappa shape index (κ2) is 9.25. The topological polar surface area (TPSA) is 55.8 Å². The lowest BCUT2D eigenvalue weighted by molar-refractivity contribution is 0.284. The second-order valence-corrected chi connectivity index (χ2v) is 8.58. The number of phenolic OH excluding ortho intramolecular Hbond substituents is 1. The van der Waals surface area contributed by atoms with Gasteiger partial charge in [0.25, 0.3) is 0 Å². The van der Waals surface area contributed by atoms with E-state index in [1.54, 1.807) is 13.0 Å². The highest BCUT2D eigenvalue weighted by atomic mass is 31.2. The number of hydrogen-bond donors (Lipinski definition) is 1. The summed E-state index contributed by atoms with van der Waals surface area (Å²) < 4.78 is 23.6. The van der Waals surface area contributed by atoms with E-state index in [9.17, 15) is 9.67 Å². The Morgan fingerprint density at radius 3 is 2.54 bits per heavy atom. The monoisotopic (exact) mass is 376 g/mol. The van der Waals surface area contributed by atoms with Gasteiger partial charge in [-0.15, -0.1) is 0 Å². The Morgan fingerprint density at radius 1 is 1.12 bits per heavy atom. The predicted octanol–water partition coefficient (Wildman–Crippen LogP) is 6.34. The van der Waals surface area contributed by atoms with Crippen LogP contribution in [0.1, 0.15) is 44.2 Å². The molecular formula is C21H29O4P. The van der Waals surface area contributed by atoms with Crippen molar-refractivity contribution in [1.82, 2.24) is 0 Å². The van der Waals surface area contributed by atoms with E-state index in [0.29, 0.717) is 17.9 Å². The zero-order chi connectivity index (χ0) is 19.2. The van der Waals surface area contributed by atoms with Crippen LogP contribution in [0.25, 0.3) is 11.1 Å². The van der Waals surface area contributed by atoms with Crippen molar-refractivity contribution in [3.63, 3.8) is 0 Å². The predicted molar refractivity (Wildman–Crippen MR) is 107 cm³/mol. The van der Waals surface area contributed by atoms with Crippen molar-refractivity contribution in [1.29, 1.82) is 0 Å². The molecule has 26 heavy (non-hydrogen) atoms. The molecule has 0 radical (unpaired) electrons. The van der Waals surface area contributed by atoms with Gasteiger partial charge < -0.3 is 14.2 Å². The highest BCUT2D eigenvalue weighted by Crippen LogP contribution is 2.49. The van der Waals surface area contributed by atoms with Gasteiger partial charge in [-0.05, 0) is 49.9 Å². The molecule has 0 bridgehead atoms. The summed E-state index contributed by atoms with van der Waals surface area (Å²) in [5.41, 5.74) is 3.42. The number of unbranched alkanes of at least 4 members (excludes halogenated alkanes) is 2. The molecule has 0 heterocycles. The summed E-state index contributed by atoms with van der Waals surface area (Å²) in [6, 6.07) is 11.5. The molecule has 2 aromatic rings. The van der Waals surface area contributed by atoms with Crippen molar-refractivity contribution in [2.24, 2.45) is 0 Å².